The van der Waals surface area contributed by atoms with Crippen LogP contribution in [0.5, 0.6) is 0 Å². The highest BCUT2D eigenvalue weighted by atomic mass is 19.4. The topological polar surface area (TPSA) is 152 Å². The molecule has 0 bridgehead atoms. The van der Waals surface area contributed by atoms with Gasteiger partial charge < -0.3 is 4.57 Å². The van der Waals surface area contributed by atoms with Crippen LogP contribution >= 0.6 is 0 Å². The monoisotopic (exact) mass is 1020 g/mol. The molecular weight excluding hydrogens is 988 g/mol. The van der Waals surface area contributed by atoms with E-state index in [1.165, 1.54) is 12.1 Å². The zero-order valence-electron chi connectivity index (χ0n) is 41.4. The van der Waals surface area contributed by atoms with Crippen LogP contribution in [-0.2, 0) is 6.18 Å². The van der Waals surface area contributed by atoms with Gasteiger partial charge in [0.05, 0.1) is 91.6 Å². The fourth-order valence-electron chi connectivity index (χ4n) is 10.0. The maximum atomic E-state index is 16.0. The Morgan fingerprint density at radius 3 is 0.937 bits per heavy atom. The van der Waals surface area contributed by atoms with E-state index in [0.717, 1.165) is 12.1 Å². The quantitative estimate of drug-likeness (QED) is 0.139. The van der Waals surface area contributed by atoms with Gasteiger partial charge in [-0.3, -0.25) is 0 Å². The zero-order chi connectivity index (χ0) is 54.2. The molecule has 0 aliphatic heterocycles. The first kappa shape index (κ1) is 48.6. The van der Waals surface area contributed by atoms with Crippen LogP contribution < -0.4 is 0 Å². The average Bonchev–Trinajstić information content (AvgIpc) is 4.09. The number of rotatable bonds is 9. The molecule has 0 saturated carbocycles. The Hall–Kier alpha value is -11.3. The van der Waals surface area contributed by atoms with Crippen molar-refractivity contribution < 1.29 is 13.2 Å². The number of benzene rings is 9. The van der Waals surface area contributed by atoms with Crippen LogP contribution in [0, 0.1) is 45.3 Å². The number of fused-ring (bicyclic) bond motifs is 3. The van der Waals surface area contributed by atoms with Crippen LogP contribution in [-0.4, -0.2) is 24.5 Å². The number of hydrogen-bond donors (Lipinski definition) is 0. The molecule has 0 amide bonds. The second kappa shape index (κ2) is 20.1. The van der Waals surface area contributed by atoms with Crippen molar-refractivity contribution in [1.82, 2.24) is 24.5 Å². The van der Waals surface area contributed by atoms with E-state index < -0.39 is 11.7 Å². The predicted molar refractivity (Wildman–Crippen MR) is 299 cm³/mol. The summed E-state index contributed by atoms with van der Waals surface area (Å²) >= 11 is 0. The van der Waals surface area contributed by atoms with E-state index in [-0.39, 0.29) is 50.7 Å². The predicted octanol–water partition coefficient (Wildman–Crippen LogP) is 16.2. The lowest BCUT2D eigenvalue weighted by atomic mass is 9.97. The van der Waals surface area contributed by atoms with E-state index >= 15 is 13.2 Å². The summed E-state index contributed by atoms with van der Waals surface area (Å²) in [5.41, 5.74) is 8.66. The first-order chi connectivity index (χ1) is 38.5. The number of alkyl halides is 3. The van der Waals surface area contributed by atoms with Crippen LogP contribution in [0.25, 0.3) is 118 Å². The van der Waals surface area contributed by atoms with E-state index in [9.17, 15) is 21.0 Å². The third-order valence-electron chi connectivity index (χ3n) is 13.7. The molecule has 0 saturated heterocycles. The second-order valence-corrected chi connectivity index (χ2v) is 18.7. The largest absolute Gasteiger partial charge is 0.416 e. The van der Waals surface area contributed by atoms with Crippen LogP contribution in [0.15, 0.2) is 218 Å². The minimum absolute atomic E-state index is 0.0111. The molecule has 0 N–H and O–H groups in total. The van der Waals surface area contributed by atoms with Gasteiger partial charge in [-0.25, -0.2) is 19.9 Å². The number of nitrogens with zero attached hydrogens (tertiary/aromatic N) is 9. The number of aromatic nitrogens is 5. The summed E-state index contributed by atoms with van der Waals surface area (Å²) in [7, 11) is 0. The van der Waals surface area contributed by atoms with Gasteiger partial charge in [-0.15, -0.1) is 0 Å². The smallest absolute Gasteiger partial charge is 0.308 e. The Morgan fingerprint density at radius 2 is 0.646 bits per heavy atom. The van der Waals surface area contributed by atoms with E-state index in [2.05, 4.69) is 24.3 Å². The van der Waals surface area contributed by atoms with Crippen molar-refractivity contribution in [3.05, 3.63) is 246 Å². The molecule has 9 nitrogen and oxygen atoms in total. The van der Waals surface area contributed by atoms with Gasteiger partial charge in [0.25, 0.3) is 0 Å². The normalized spacial score (nSPS) is 11.2. The maximum Gasteiger partial charge on any atom is 0.416 e. The van der Waals surface area contributed by atoms with E-state index in [1.54, 1.807) is 24.3 Å². The summed E-state index contributed by atoms with van der Waals surface area (Å²) in [6.07, 6.45) is -4.90. The molecule has 0 fully saturated rings. The summed E-state index contributed by atoms with van der Waals surface area (Å²) in [6.45, 7) is 0. The van der Waals surface area contributed by atoms with Gasteiger partial charge in [0.2, 0.25) is 0 Å². The highest BCUT2D eigenvalue weighted by Crippen LogP contribution is 2.46. The molecule has 0 atom stereocenters. The van der Waals surface area contributed by atoms with Gasteiger partial charge >= 0.3 is 6.18 Å². The second-order valence-electron chi connectivity index (χ2n) is 18.7. The molecule has 12 heteroatoms. The lowest BCUT2D eigenvalue weighted by molar-refractivity contribution is -0.137. The minimum atomic E-state index is -4.90. The molecule has 0 aliphatic rings. The Morgan fingerprint density at radius 1 is 0.329 bits per heavy atom. The Bertz CT molecular complexity index is 4110. The first-order valence-electron chi connectivity index (χ1n) is 24.8. The number of halogens is 3. The Labute approximate surface area is 450 Å². The van der Waals surface area contributed by atoms with Crippen molar-refractivity contribution in [3.8, 4) is 120 Å². The first-order valence-corrected chi connectivity index (χ1v) is 24.8. The SMILES string of the molecule is N#Cc1cc(C#N)cc(-c2ccc3c(c2)c2cc(-c4cc(C#N)cc(C#N)c4)ccc2n3-c2c(-c3nc(-c4ccccc4)cc(-c4ccccc4)n3)cc(C(F)(F)F)cc2-c2nc(-c3ccccc3)cc(-c3ccccc3)n2)c1. The third kappa shape index (κ3) is 9.36. The Balaban J connectivity index is 1.26. The molecule has 12 aromatic rings. The van der Waals surface area contributed by atoms with Crippen molar-refractivity contribution in [2.24, 2.45) is 0 Å². The van der Waals surface area contributed by atoms with Crippen LogP contribution in [0.1, 0.15) is 27.8 Å². The summed E-state index contributed by atoms with van der Waals surface area (Å²) in [5, 5.41) is 41.4. The maximum absolute atomic E-state index is 16.0. The molecule has 0 radical (unpaired) electrons. The molecule has 0 aliphatic carbocycles. The molecule has 12 rings (SSSR count). The van der Waals surface area contributed by atoms with Gasteiger partial charge in [0.15, 0.2) is 11.6 Å². The van der Waals surface area contributed by atoms with Crippen molar-refractivity contribution in [2.75, 3.05) is 0 Å². The molecule has 0 unspecified atom stereocenters. The molecular formula is C67H36F3N9. The van der Waals surface area contributed by atoms with Gasteiger partial charge in [-0.05, 0) is 107 Å². The lowest BCUT2D eigenvalue weighted by Crippen LogP contribution is -2.11. The van der Waals surface area contributed by atoms with Crippen molar-refractivity contribution in [1.29, 1.82) is 21.0 Å². The third-order valence-corrected chi connectivity index (χ3v) is 13.7. The highest BCUT2D eigenvalue weighted by Gasteiger charge is 2.35. The lowest BCUT2D eigenvalue weighted by Gasteiger charge is -2.21. The summed E-state index contributed by atoms with van der Waals surface area (Å²) < 4.78 is 49.9. The molecule has 370 valence electrons. The van der Waals surface area contributed by atoms with E-state index in [4.69, 9.17) is 19.9 Å². The van der Waals surface area contributed by atoms with Crippen LogP contribution in [0.3, 0.4) is 0 Å². The van der Waals surface area contributed by atoms with Crippen LogP contribution in [0.4, 0.5) is 13.2 Å². The molecule has 3 heterocycles. The fourth-order valence-corrected chi connectivity index (χ4v) is 10.0. The molecule has 9 aromatic carbocycles. The Kier molecular flexibility index (Phi) is 12.4. The molecule has 79 heavy (non-hydrogen) atoms. The van der Waals surface area contributed by atoms with Crippen LogP contribution in [0.2, 0.25) is 0 Å². The van der Waals surface area contributed by atoms with Gasteiger partial charge in [-0.2, -0.15) is 34.2 Å². The standard InChI is InChI=1S/C67H36F3N9/c68-67(69,70)53-33-56(65-75-58(45-13-5-1-6-14-45)35-59(76-65)46-15-7-2-8-16-46)64(57(34-53)66-77-60(47-17-9-3-10-18-47)36-61(78-66)48-19-11-4-12-20-48)79-62-23-21-49(51-27-41(37-71)25-42(28-51)38-72)31-54(62)55-32-50(22-24-63(55)79)52-29-43(39-73)26-44(30-52)40-74/h1-36H. The van der Waals surface area contributed by atoms with E-state index in [0.29, 0.717) is 89.1 Å². The average molecular weight is 1020 g/mol. The van der Waals surface area contributed by atoms with Gasteiger partial charge in [-0.1, -0.05) is 133 Å². The summed E-state index contributed by atoms with van der Waals surface area (Å²) in [6, 6.07) is 73.0. The van der Waals surface area contributed by atoms with Gasteiger partial charge in [0.1, 0.15) is 0 Å². The van der Waals surface area contributed by atoms with Crippen molar-refractivity contribution in [3.63, 3.8) is 0 Å². The number of hydrogen-bond acceptors (Lipinski definition) is 8. The van der Waals surface area contributed by atoms with Gasteiger partial charge in [0, 0.05) is 44.2 Å². The number of nitriles is 4. The molecule has 3 aromatic heterocycles. The summed E-state index contributed by atoms with van der Waals surface area (Å²) in [4.78, 5) is 20.6. The minimum Gasteiger partial charge on any atom is -0.308 e. The highest BCUT2D eigenvalue weighted by molar-refractivity contribution is 6.13. The summed E-state index contributed by atoms with van der Waals surface area (Å²) in [5.74, 6) is -0.0222. The molecule has 0 spiro atoms. The van der Waals surface area contributed by atoms with Crippen molar-refractivity contribution in [2.45, 2.75) is 6.18 Å². The van der Waals surface area contributed by atoms with E-state index in [1.807, 2.05) is 174 Å². The van der Waals surface area contributed by atoms with Crippen molar-refractivity contribution >= 4 is 21.8 Å². The zero-order valence-corrected chi connectivity index (χ0v) is 41.4. The fraction of sp³-hybridized carbons (Fsp3) is 0.0149.